The lowest BCUT2D eigenvalue weighted by atomic mass is 10.1. The predicted octanol–water partition coefficient (Wildman–Crippen LogP) is 0.610. The molecule has 0 aliphatic carbocycles. The summed E-state index contributed by atoms with van der Waals surface area (Å²) in [5.74, 6) is 1.37. The molecule has 2 rings (SSSR count). The Labute approximate surface area is 89.6 Å². The molecule has 0 aromatic carbocycles. The Balaban J connectivity index is 1.58. The van der Waals surface area contributed by atoms with Crippen LogP contribution in [0, 0.1) is 6.92 Å². The summed E-state index contributed by atoms with van der Waals surface area (Å²) in [7, 11) is 0. The van der Waals surface area contributed by atoms with Gasteiger partial charge < -0.3 is 15.2 Å². The number of hydrogen-bond donors (Lipinski definition) is 2. The third-order valence-electron chi connectivity index (χ3n) is 2.68. The van der Waals surface area contributed by atoms with Crippen molar-refractivity contribution in [3.05, 3.63) is 11.7 Å². The van der Waals surface area contributed by atoms with Crippen LogP contribution < -0.4 is 10.6 Å². The monoisotopic (exact) mass is 210 g/mol. The molecule has 0 saturated carbocycles. The van der Waals surface area contributed by atoms with Crippen molar-refractivity contribution in [2.24, 2.45) is 0 Å². The van der Waals surface area contributed by atoms with Gasteiger partial charge >= 0.3 is 0 Å². The lowest BCUT2D eigenvalue weighted by Gasteiger charge is -2.09. The molecule has 1 aromatic rings. The van der Waals surface area contributed by atoms with Crippen molar-refractivity contribution in [1.29, 1.82) is 0 Å². The Morgan fingerprint density at radius 1 is 1.60 bits per heavy atom. The van der Waals surface area contributed by atoms with Crippen molar-refractivity contribution in [3.8, 4) is 0 Å². The molecule has 15 heavy (non-hydrogen) atoms. The number of hydrogen-bond acceptors (Lipinski definition) is 5. The molecule has 5 nitrogen and oxygen atoms in total. The maximum Gasteiger partial charge on any atom is 0.240 e. The van der Waals surface area contributed by atoms with Crippen molar-refractivity contribution in [1.82, 2.24) is 20.8 Å². The van der Waals surface area contributed by atoms with Gasteiger partial charge in [0.05, 0.1) is 6.54 Å². The summed E-state index contributed by atoms with van der Waals surface area (Å²) in [4.78, 5) is 4.12. The molecule has 1 aliphatic rings. The molecule has 1 atom stereocenters. The summed E-state index contributed by atoms with van der Waals surface area (Å²) in [5.41, 5.74) is 0. The molecular formula is C10H18N4O. The summed E-state index contributed by atoms with van der Waals surface area (Å²) in [6.07, 6.45) is 3.79. The Morgan fingerprint density at radius 3 is 3.20 bits per heavy atom. The van der Waals surface area contributed by atoms with Crippen LogP contribution >= 0.6 is 0 Å². The van der Waals surface area contributed by atoms with Gasteiger partial charge in [0, 0.05) is 6.04 Å². The second-order valence-corrected chi connectivity index (χ2v) is 3.99. The van der Waals surface area contributed by atoms with Crippen LogP contribution in [0.15, 0.2) is 4.52 Å². The zero-order valence-corrected chi connectivity index (χ0v) is 9.12. The van der Waals surface area contributed by atoms with Crippen LogP contribution in [0.1, 0.15) is 31.0 Å². The molecule has 0 amide bonds. The zero-order valence-electron chi connectivity index (χ0n) is 9.12. The highest BCUT2D eigenvalue weighted by Crippen LogP contribution is 2.07. The van der Waals surface area contributed by atoms with E-state index >= 15 is 0 Å². The van der Waals surface area contributed by atoms with Crippen LogP contribution in [0.2, 0.25) is 0 Å². The molecule has 1 unspecified atom stereocenters. The molecule has 1 aromatic heterocycles. The van der Waals surface area contributed by atoms with Gasteiger partial charge in [0.25, 0.3) is 0 Å². The molecule has 2 heterocycles. The largest absolute Gasteiger partial charge is 0.338 e. The van der Waals surface area contributed by atoms with Gasteiger partial charge in [0.1, 0.15) is 0 Å². The van der Waals surface area contributed by atoms with Crippen molar-refractivity contribution in [3.63, 3.8) is 0 Å². The molecular weight excluding hydrogens is 192 g/mol. The minimum absolute atomic E-state index is 0.673. The molecule has 1 fully saturated rings. The Hall–Kier alpha value is -0.940. The maximum absolute atomic E-state index is 5.00. The summed E-state index contributed by atoms with van der Waals surface area (Å²) < 4.78 is 5.00. The van der Waals surface area contributed by atoms with E-state index in [1.165, 1.54) is 25.8 Å². The third kappa shape index (κ3) is 3.28. The van der Waals surface area contributed by atoms with Gasteiger partial charge in [-0.1, -0.05) is 5.16 Å². The summed E-state index contributed by atoms with van der Waals surface area (Å²) in [6, 6.07) is 0.696. The first-order valence-corrected chi connectivity index (χ1v) is 5.58. The minimum atomic E-state index is 0.673. The maximum atomic E-state index is 5.00. The fourth-order valence-electron chi connectivity index (χ4n) is 1.89. The molecule has 2 N–H and O–H groups in total. The van der Waals surface area contributed by atoms with Gasteiger partial charge in [0.2, 0.25) is 5.89 Å². The first-order chi connectivity index (χ1) is 7.34. The van der Waals surface area contributed by atoms with Crippen LogP contribution in [-0.2, 0) is 6.54 Å². The SMILES string of the molecule is Cc1noc(CNCCC2CCCN2)n1. The highest BCUT2D eigenvalue weighted by Gasteiger charge is 2.12. The van der Waals surface area contributed by atoms with E-state index in [2.05, 4.69) is 20.8 Å². The van der Waals surface area contributed by atoms with Crippen molar-refractivity contribution >= 4 is 0 Å². The van der Waals surface area contributed by atoms with Gasteiger partial charge in [-0.25, -0.2) is 0 Å². The van der Waals surface area contributed by atoms with Crippen LogP contribution in [0.4, 0.5) is 0 Å². The molecule has 0 radical (unpaired) electrons. The van der Waals surface area contributed by atoms with E-state index < -0.39 is 0 Å². The number of nitrogens with one attached hydrogen (secondary N) is 2. The van der Waals surface area contributed by atoms with Gasteiger partial charge in [-0.2, -0.15) is 4.98 Å². The van der Waals surface area contributed by atoms with E-state index in [0.29, 0.717) is 24.3 Å². The van der Waals surface area contributed by atoms with E-state index in [4.69, 9.17) is 4.52 Å². The van der Waals surface area contributed by atoms with Crippen molar-refractivity contribution in [2.45, 2.75) is 38.8 Å². The zero-order chi connectivity index (χ0) is 10.5. The van der Waals surface area contributed by atoms with Crippen LogP contribution in [-0.4, -0.2) is 29.3 Å². The van der Waals surface area contributed by atoms with E-state index in [0.717, 1.165) is 6.54 Å². The van der Waals surface area contributed by atoms with Gasteiger partial charge in [-0.15, -0.1) is 0 Å². The molecule has 1 saturated heterocycles. The Morgan fingerprint density at radius 2 is 2.53 bits per heavy atom. The molecule has 0 bridgehead atoms. The number of aryl methyl sites for hydroxylation is 1. The molecule has 1 aliphatic heterocycles. The molecule has 5 heteroatoms. The van der Waals surface area contributed by atoms with E-state index in [1.54, 1.807) is 0 Å². The third-order valence-corrected chi connectivity index (χ3v) is 2.68. The average molecular weight is 210 g/mol. The van der Waals surface area contributed by atoms with Crippen molar-refractivity contribution < 1.29 is 4.52 Å². The Kier molecular flexibility index (Phi) is 3.69. The van der Waals surface area contributed by atoms with Gasteiger partial charge in [-0.3, -0.25) is 0 Å². The smallest absolute Gasteiger partial charge is 0.240 e. The van der Waals surface area contributed by atoms with E-state index in [9.17, 15) is 0 Å². The second-order valence-electron chi connectivity index (χ2n) is 3.99. The van der Waals surface area contributed by atoms with Gasteiger partial charge in [-0.05, 0) is 39.3 Å². The lowest BCUT2D eigenvalue weighted by Crippen LogP contribution is -2.26. The molecule has 84 valence electrons. The number of nitrogens with zero attached hydrogens (tertiary/aromatic N) is 2. The quantitative estimate of drug-likeness (QED) is 0.697. The standard InChI is InChI=1S/C10H18N4O/c1-8-13-10(15-14-8)7-11-6-4-9-3-2-5-12-9/h9,11-12H,2-7H2,1H3. The van der Waals surface area contributed by atoms with E-state index in [-0.39, 0.29) is 0 Å². The summed E-state index contributed by atoms with van der Waals surface area (Å²) in [5, 5.41) is 10.5. The average Bonchev–Trinajstić information content (AvgIpc) is 2.84. The first kappa shape index (κ1) is 10.6. The van der Waals surface area contributed by atoms with Crippen LogP contribution in [0.25, 0.3) is 0 Å². The lowest BCUT2D eigenvalue weighted by molar-refractivity contribution is 0.362. The fraction of sp³-hybridized carbons (Fsp3) is 0.800. The second kappa shape index (κ2) is 5.23. The van der Waals surface area contributed by atoms with E-state index in [1.807, 2.05) is 6.92 Å². The summed E-state index contributed by atoms with van der Waals surface area (Å²) >= 11 is 0. The first-order valence-electron chi connectivity index (χ1n) is 5.58. The molecule has 0 spiro atoms. The highest BCUT2D eigenvalue weighted by atomic mass is 16.5. The van der Waals surface area contributed by atoms with Gasteiger partial charge in [0.15, 0.2) is 5.82 Å². The minimum Gasteiger partial charge on any atom is -0.338 e. The number of aromatic nitrogens is 2. The topological polar surface area (TPSA) is 63.0 Å². The van der Waals surface area contributed by atoms with Crippen LogP contribution in [0.5, 0.6) is 0 Å². The fourth-order valence-corrected chi connectivity index (χ4v) is 1.89. The highest BCUT2D eigenvalue weighted by molar-refractivity contribution is 4.82. The summed E-state index contributed by atoms with van der Waals surface area (Å²) in [6.45, 7) is 4.68. The predicted molar refractivity (Wildman–Crippen MR) is 56.4 cm³/mol. The van der Waals surface area contributed by atoms with Crippen LogP contribution in [0.3, 0.4) is 0 Å². The Bertz CT molecular complexity index is 293. The van der Waals surface area contributed by atoms with Crippen molar-refractivity contribution in [2.75, 3.05) is 13.1 Å². The number of rotatable bonds is 5. The normalized spacial score (nSPS) is 21.0.